The van der Waals surface area contributed by atoms with Gasteiger partial charge in [-0.3, -0.25) is 4.79 Å². The lowest BCUT2D eigenvalue weighted by Gasteiger charge is -2.22. The van der Waals surface area contributed by atoms with Crippen molar-refractivity contribution in [2.24, 2.45) is 0 Å². The predicted molar refractivity (Wildman–Crippen MR) is 85.9 cm³/mol. The molecule has 0 radical (unpaired) electrons. The summed E-state index contributed by atoms with van der Waals surface area (Å²) >= 11 is 0. The number of hydrogen-bond donors (Lipinski definition) is 0. The van der Waals surface area contributed by atoms with E-state index in [4.69, 9.17) is 4.74 Å². The number of hydrogen-bond acceptors (Lipinski definition) is 2. The first-order valence-electron chi connectivity index (χ1n) is 7.05. The van der Waals surface area contributed by atoms with Crippen LogP contribution in [0.3, 0.4) is 0 Å². The van der Waals surface area contributed by atoms with Gasteiger partial charge in [0.2, 0.25) is 0 Å². The number of carbonyl (C=O) groups excluding carboxylic acids is 1. The van der Waals surface area contributed by atoms with E-state index < -0.39 is 5.41 Å². The molecule has 0 aliphatic rings. The highest BCUT2D eigenvalue weighted by Gasteiger charge is 2.30. The van der Waals surface area contributed by atoms with E-state index in [0.717, 1.165) is 11.1 Å². The maximum absolute atomic E-state index is 12.2. The Morgan fingerprint density at radius 2 is 1.57 bits per heavy atom. The molecule has 0 amide bonds. The molecule has 0 aliphatic carbocycles. The van der Waals surface area contributed by atoms with E-state index >= 15 is 0 Å². The second-order valence-electron chi connectivity index (χ2n) is 5.40. The van der Waals surface area contributed by atoms with Crippen LogP contribution in [0.1, 0.15) is 25.0 Å². The van der Waals surface area contributed by atoms with Gasteiger partial charge < -0.3 is 4.74 Å². The number of esters is 1. The van der Waals surface area contributed by atoms with Crippen molar-refractivity contribution in [1.29, 1.82) is 0 Å². The molecule has 0 atom stereocenters. The van der Waals surface area contributed by atoms with Crippen molar-refractivity contribution in [3.63, 3.8) is 0 Å². The van der Waals surface area contributed by atoms with E-state index in [2.05, 4.69) is 0 Å². The topological polar surface area (TPSA) is 26.3 Å². The summed E-state index contributed by atoms with van der Waals surface area (Å²) in [5.74, 6) is -0.216. The van der Waals surface area contributed by atoms with Crippen molar-refractivity contribution < 1.29 is 9.53 Å². The molecule has 0 aliphatic heterocycles. The maximum Gasteiger partial charge on any atom is 0.316 e. The molecule has 2 nitrogen and oxygen atoms in total. The minimum atomic E-state index is -0.637. The first-order valence-corrected chi connectivity index (χ1v) is 7.05. The zero-order valence-electron chi connectivity index (χ0n) is 12.5. The number of ether oxygens (including phenoxy) is 1. The molecule has 2 aromatic carbocycles. The van der Waals surface area contributed by atoms with Crippen LogP contribution in [0.25, 0.3) is 6.08 Å². The number of rotatable bonds is 5. The van der Waals surface area contributed by atoms with Gasteiger partial charge in [0.1, 0.15) is 6.61 Å². The molecule has 0 saturated heterocycles. The van der Waals surface area contributed by atoms with Crippen LogP contribution in [0.4, 0.5) is 0 Å². The molecule has 2 heteroatoms. The highest BCUT2D eigenvalue weighted by molar-refractivity contribution is 5.82. The fraction of sp³-hybridized carbons (Fsp3) is 0.211. The summed E-state index contributed by atoms with van der Waals surface area (Å²) in [4.78, 5) is 12.2. The van der Waals surface area contributed by atoms with Crippen molar-refractivity contribution >= 4 is 12.0 Å². The Hall–Kier alpha value is -2.35. The van der Waals surface area contributed by atoms with E-state index in [-0.39, 0.29) is 12.6 Å². The van der Waals surface area contributed by atoms with Gasteiger partial charge in [0.15, 0.2) is 0 Å². The van der Waals surface area contributed by atoms with Crippen LogP contribution in [-0.4, -0.2) is 12.6 Å². The third-order valence-corrected chi connectivity index (χ3v) is 3.43. The van der Waals surface area contributed by atoms with Crippen molar-refractivity contribution in [2.75, 3.05) is 6.61 Å². The molecule has 0 fully saturated rings. The van der Waals surface area contributed by atoms with E-state index in [1.165, 1.54) is 0 Å². The predicted octanol–water partition coefficient (Wildman–Crippen LogP) is 4.22. The Morgan fingerprint density at radius 1 is 1.00 bits per heavy atom. The van der Waals surface area contributed by atoms with Gasteiger partial charge in [-0.25, -0.2) is 0 Å². The first-order chi connectivity index (χ1) is 10.1. The van der Waals surface area contributed by atoms with Crippen LogP contribution in [0, 0.1) is 0 Å². The standard InChI is InChI=1S/C19H20O2/c1-19(2,17-13-7-4-8-14-17)18(20)21-15-9-12-16-10-5-3-6-11-16/h3-14H,15H2,1-2H3/b12-9+. The lowest BCUT2D eigenvalue weighted by Crippen LogP contribution is -2.31. The summed E-state index contributed by atoms with van der Waals surface area (Å²) in [6, 6.07) is 19.6. The van der Waals surface area contributed by atoms with E-state index in [1.807, 2.05) is 86.7 Å². The van der Waals surface area contributed by atoms with E-state index in [9.17, 15) is 4.79 Å². The Bertz CT molecular complexity index is 598. The number of benzene rings is 2. The summed E-state index contributed by atoms with van der Waals surface area (Å²) in [5, 5.41) is 0. The zero-order valence-corrected chi connectivity index (χ0v) is 12.5. The normalized spacial score (nSPS) is 11.5. The largest absolute Gasteiger partial charge is 0.461 e. The van der Waals surface area contributed by atoms with Crippen molar-refractivity contribution in [3.8, 4) is 0 Å². The Morgan fingerprint density at radius 3 is 2.19 bits per heavy atom. The molecule has 0 spiro atoms. The highest BCUT2D eigenvalue weighted by Crippen LogP contribution is 2.24. The van der Waals surface area contributed by atoms with Gasteiger partial charge in [0.25, 0.3) is 0 Å². The molecule has 2 aromatic rings. The average Bonchev–Trinajstić information content (AvgIpc) is 2.53. The van der Waals surface area contributed by atoms with Gasteiger partial charge >= 0.3 is 5.97 Å². The molecule has 0 aromatic heterocycles. The van der Waals surface area contributed by atoms with Crippen LogP contribution in [-0.2, 0) is 14.9 Å². The highest BCUT2D eigenvalue weighted by atomic mass is 16.5. The second-order valence-corrected chi connectivity index (χ2v) is 5.40. The van der Waals surface area contributed by atoms with Gasteiger partial charge in [-0.1, -0.05) is 66.7 Å². The molecular weight excluding hydrogens is 260 g/mol. The minimum Gasteiger partial charge on any atom is -0.461 e. The molecule has 21 heavy (non-hydrogen) atoms. The minimum absolute atomic E-state index is 0.216. The van der Waals surface area contributed by atoms with Gasteiger partial charge in [-0.05, 0) is 31.1 Å². The average molecular weight is 280 g/mol. The van der Waals surface area contributed by atoms with Gasteiger partial charge in [-0.15, -0.1) is 0 Å². The quantitative estimate of drug-likeness (QED) is 0.766. The Labute approximate surface area is 126 Å². The maximum atomic E-state index is 12.2. The van der Waals surface area contributed by atoms with E-state index in [1.54, 1.807) is 0 Å². The summed E-state index contributed by atoms with van der Waals surface area (Å²) in [7, 11) is 0. The van der Waals surface area contributed by atoms with Crippen molar-refractivity contribution in [1.82, 2.24) is 0 Å². The molecular formula is C19H20O2. The second kappa shape index (κ2) is 6.89. The van der Waals surface area contributed by atoms with Gasteiger partial charge in [0, 0.05) is 0 Å². The molecule has 2 rings (SSSR count). The molecule has 0 bridgehead atoms. The van der Waals surface area contributed by atoms with Gasteiger partial charge in [0.05, 0.1) is 5.41 Å². The first kappa shape index (κ1) is 15.0. The molecule has 0 unspecified atom stereocenters. The Kier molecular flexibility index (Phi) is 4.94. The van der Waals surface area contributed by atoms with Crippen molar-refractivity contribution in [2.45, 2.75) is 19.3 Å². The van der Waals surface area contributed by atoms with Crippen LogP contribution < -0.4 is 0 Å². The lowest BCUT2D eigenvalue weighted by molar-refractivity contribution is -0.148. The third-order valence-electron chi connectivity index (χ3n) is 3.43. The summed E-state index contributed by atoms with van der Waals surface area (Å²) in [6.07, 6.45) is 3.80. The van der Waals surface area contributed by atoms with E-state index in [0.29, 0.717) is 0 Å². The van der Waals surface area contributed by atoms with Crippen LogP contribution in [0.5, 0.6) is 0 Å². The van der Waals surface area contributed by atoms with Gasteiger partial charge in [-0.2, -0.15) is 0 Å². The van der Waals surface area contributed by atoms with Crippen LogP contribution in [0.2, 0.25) is 0 Å². The molecule has 0 saturated carbocycles. The monoisotopic (exact) mass is 280 g/mol. The lowest BCUT2D eigenvalue weighted by atomic mass is 9.85. The SMILES string of the molecule is CC(C)(C(=O)OC/C=C/c1ccccc1)c1ccccc1. The Balaban J connectivity index is 1.91. The smallest absolute Gasteiger partial charge is 0.316 e. The number of carbonyl (C=O) groups is 1. The fourth-order valence-corrected chi connectivity index (χ4v) is 2.03. The summed E-state index contributed by atoms with van der Waals surface area (Å²) in [6.45, 7) is 4.04. The van der Waals surface area contributed by atoms with Crippen LogP contribution in [0.15, 0.2) is 66.7 Å². The molecule has 0 heterocycles. The summed E-state index contributed by atoms with van der Waals surface area (Å²) in [5.41, 5.74) is 1.42. The third kappa shape index (κ3) is 4.06. The molecule has 108 valence electrons. The van der Waals surface area contributed by atoms with Crippen LogP contribution >= 0.6 is 0 Å². The summed E-state index contributed by atoms with van der Waals surface area (Å²) < 4.78 is 5.36. The van der Waals surface area contributed by atoms with Crippen molar-refractivity contribution in [3.05, 3.63) is 77.9 Å². The molecule has 0 N–H and O–H groups in total. The fourth-order valence-electron chi connectivity index (χ4n) is 2.03. The zero-order chi connectivity index (χ0) is 15.1.